The van der Waals surface area contributed by atoms with Crippen molar-refractivity contribution in [2.24, 2.45) is 0 Å². The maximum Gasteiger partial charge on any atom is 0.264 e. The van der Waals surface area contributed by atoms with Crippen LogP contribution in [0.2, 0.25) is 0 Å². The van der Waals surface area contributed by atoms with Crippen LogP contribution < -0.4 is 10.1 Å². The van der Waals surface area contributed by atoms with Gasteiger partial charge in [0.1, 0.15) is 10.6 Å². The van der Waals surface area contributed by atoms with E-state index in [0.717, 1.165) is 0 Å². The quantitative estimate of drug-likeness (QED) is 0.652. The van der Waals surface area contributed by atoms with E-state index in [2.05, 4.69) is 11.2 Å². The molecule has 0 bridgehead atoms. The van der Waals surface area contributed by atoms with E-state index in [0.29, 0.717) is 5.56 Å². The fourth-order valence-corrected chi connectivity index (χ4v) is 2.32. The molecule has 1 aromatic rings. The molecule has 5 nitrogen and oxygen atoms in total. The summed E-state index contributed by atoms with van der Waals surface area (Å²) >= 11 is 0. The lowest BCUT2D eigenvalue weighted by atomic mass is 10.2. The van der Waals surface area contributed by atoms with Crippen LogP contribution in [-0.4, -0.2) is 27.5 Å². The Morgan fingerprint density at radius 1 is 1.53 bits per heavy atom. The zero-order valence-electron chi connectivity index (χ0n) is 10.1. The number of hydrogen-bond donors (Lipinski definition) is 1. The van der Waals surface area contributed by atoms with E-state index in [1.807, 2.05) is 0 Å². The maximum atomic E-state index is 11.4. The van der Waals surface area contributed by atoms with Gasteiger partial charge in [0, 0.05) is 10.7 Å². The molecule has 102 valence electrons. The van der Waals surface area contributed by atoms with Crippen LogP contribution in [0.1, 0.15) is 5.56 Å². The summed E-state index contributed by atoms with van der Waals surface area (Å²) in [5.74, 6) is 1.81. The van der Waals surface area contributed by atoms with Crippen molar-refractivity contribution in [3.05, 3.63) is 23.8 Å². The number of carbonyl (C=O) groups excluding carboxylic acids is 1. The second kappa shape index (κ2) is 6.45. The van der Waals surface area contributed by atoms with Gasteiger partial charge in [-0.25, -0.2) is 8.42 Å². The Morgan fingerprint density at radius 2 is 2.21 bits per heavy atom. The zero-order valence-corrected chi connectivity index (χ0v) is 11.7. The molecule has 0 atom stereocenters. The number of hydrogen-bond acceptors (Lipinski definition) is 4. The lowest BCUT2D eigenvalue weighted by Gasteiger charge is -2.10. The molecule has 0 spiro atoms. The van der Waals surface area contributed by atoms with Gasteiger partial charge in [0.15, 0.2) is 6.61 Å². The lowest BCUT2D eigenvalue weighted by molar-refractivity contribution is -0.122. The molecule has 0 aromatic heterocycles. The summed E-state index contributed by atoms with van der Waals surface area (Å²) < 4.78 is 27.9. The third-order valence-electron chi connectivity index (χ3n) is 2.11. The molecule has 0 radical (unpaired) electrons. The Hall–Kier alpha value is -1.71. The number of nitrogens with one attached hydrogen (secondary N) is 1. The van der Waals surface area contributed by atoms with E-state index in [1.54, 1.807) is 13.0 Å². The second-order valence-corrected chi connectivity index (χ2v) is 6.19. The number of aryl methyl sites for hydroxylation is 1. The minimum Gasteiger partial charge on any atom is -0.482 e. The van der Waals surface area contributed by atoms with Crippen molar-refractivity contribution in [2.45, 2.75) is 11.8 Å². The van der Waals surface area contributed by atoms with Crippen LogP contribution in [0.5, 0.6) is 5.75 Å². The summed E-state index contributed by atoms with van der Waals surface area (Å²) in [6, 6.07) is 4.47. The minimum absolute atomic E-state index is 0.0245. The number of carbonyl (C=O) groups is 1. The van der Waals surface area contributed by atoms with E-state index < -0.39 is 15.0 Å². The highest BCUT2D eigenvalue weighted by Crippen LogP contribution is 2.27. The van der Waals surface area contributed by atoms with E-state index >= 15 is 0 Å². The van der Waals surface area contributed by atoms with Crippen LogP contribution in [0, 0.1) is 19.3 Å². The highest BCUT2D eigenvalue weighted by molar-refractivity contribution is 8.13. The third kappa shape index (κ3) is 4.81. The Kier molecular flexibility index (Phi) is 5.21. The predicted molar refractivity (Wildman–Crippen MR) is 71.6 cm³/mol. The summed E-state index contributed by atoms with van der Waals surface area (Å²) in [6.07, 6.45) is 4.98. The molecule has 1 aromatic carbocycles. The topological polar surface area (TPSA) is 72.5 Å². The average Bonchev–Trinajstić information content (AvgIpc) is 2.33. The first-order valence-corrected chi connectivity index (χ1v) is 7.54. The standard InChI is InChI=1S/C12H12ClNO4S/c1-3-6-14-12(15)8-18-10-5-4-9(2)7-11(10)19(13,16)17/h1,4-5,7H,6,8H2,2H3,(H,14,15). The number of ether oxygens (including phenoxy) is 1. The predicted octanol–water partition coefficient (Wildman–Crippen LogP) is 1.05. The second-order valence-electron chi connectivity index (χ2n) is 3.66. The summed E-state index contributed by atoms with van der Waals surface area (Å²) in [5, 5.41) is 2.39. The highest BCUT2D eigenvalue weighted by atomic mass is 35.7. The largest absolute Gasteiger partial charge is 0.482 e. The van der Waals surface area contributed by atoms with Gasteiger partial charge in [-0.15, -0.1) is 6.42 Å². The molecular formula is C12H12ClNO4S. The molecule has 0 fully saturated rings. The Labute approximate surface area is 116 Å². The van der Waals surface area contributed by atoms with Crippen LogP contribution in [0.15, 0.2) is 23.1 Å². The summed E-state index contributed by atoms with van der Waals surface area (Å²) in [4.78, 5) is 11.1. The Balaban J connectivity index is 2.85. The zero-order chi connectivity index (χ0) is 14.5. The van der Waals surface area contributed by atoms with Gasteiger partial charge in [-0.3, -0.25) is 4.79 Å². The fourth-order valence-electron chi connectivity index (χ4n) is 1.27. The van der Waals surface area contributed by atoms with Gasteiger partial charge in [-0.2, -0.15) is 0 Å². The monoisotopic (exact) mass is 301 g/mol. The summed E-state index contributed by atoms with van der Waals surface area (Å²) in [5.41, 5.74) is 0.711. The average molecular weight is 302 g/mol. The maximum absolute atomic E-state index is 11.4. The summed E-state index contributed by atoms with van der Waals surface area (Å²) in [6.45, 7) is 1.45. The lowest BCUT2D eigenvalue weighted by Crippen LogP contribution is -2.29. The van der Waals surface area contributed by atoms with Gasteiger partial charge < -0.3 is 10.1 Å². The Bertz CT molecular complexity index is 619. The molecule has 0 heterocycles. The van der Waals surface area contributed by atoms with Crippen molar-refractivity contribution in [3.63, 3.8) is 0 Å². The van der Waals surface area contributed by atoms with Crippen molar-refractivity contribution in [1.29, 1.82) is 0 Å². The molecule has 1 amide bonds. The molecule has 19 heavy (non-hydrogen) atoms. The summed E-state index contributed by atoms with van der Waals surface area (Å²) in [7, 11) is 1.36. The normalized spacial score (nSPS) is 10.6. The van der Waals surface area contributed by atoms with E-state index in [9.17, 15) is 13.2 Å². The molecule has 0 unspecified atom stereocenters. The van der Waals surface area contributed by atoms with Gasteiger partial charge in [0.05, 0.1) is 6.54 Å². The van der Waals surface area contributed by atoms with Crippen LogP contribution in [0.3, 0.4) is 0 Å². The van der Waals surface area contributed by atoms with Crippen LogP contribution in [0.4, 0.5) is 0 Å². The van der Waals surface area contributed by atoms with Gasteiger partial charge in [-0.05, 0) is 24.6 Å². The Morgan fingerprint density at radius 3 is 2.79 bits per heavy atom. The molecule has 0 aliphatic rings. The molecule has 1 rings (SSSR count). The number of rotatable bonds is 5. The van der Waals surface area contributed by atoms with E-state index in [4.69, 9.17) is 21.8 Å². The first kappa shape index (κ1) is 15.3. The number of terminal acetylenes is 1. The van der Waals surface area contributed by atoms with Gasteiger partial charge in [-0.1, -0.05) is 12.0 Å². The number of amides is 1. The van der Waals surface area contributed by atoms with Crippen LogP contribution >= 0.6 is 10.7 Å². The van der Waals surface area contributed by atoms with Crippen molar-refractivity contribution in [3.8, 4) is 18.1 Å². The van der Waals surface area contributed by atoms with E-state index in [1.165, 1.54) is 12.1 Å². The van der Waals surface area contributed by atoms with Crippen molar-refractivity contribution in [2.75, 3.05) is 13.2 Å². The van der Waals surface area contributed by atoms with Gasteiger partial charge >= 0.3 is 0 Å². The first-order chi connectivity index (χ1) is 8.84. The molecule has 0 saturated carbocycles. The smallest absolute Gasteiger partial charge is 0.264 e. The van der Waals surface area contributed by atoms with Crippen molar-refractivity contribution >= 4 is 25.6 Å². The SMILES string of the molecule is C#CCNC(=O)COc1ccc(C)cc1S(=O)(=O)Cl. The molecule has 0 aliphatic carbocycles. The van der Waals surface area contributed by atoms with Crippen molar-refractivity contribution in [1.82, 2.24) is 5.32 Å². The molecule has 0 saturated heterocycles. The van der Waals surface area contributed by atoms with Crippen LogP contribution in [-0.2, 0) is 13.8 Å². The highest BCUT2D eigenvalue weighted by Gasteiger charge is 2.17. The number of benzene rings is 1. The van der Waals surface area contributed by atoms with E-state index in [-0.39, 0.29) is 23.8 Å². The minimum atomic E-state index is -3.94. The number of halogens is 1. The van der Waals surface area contributed by atoms with Gasteiger partial charge in [0.25, 0.3) is 15.0 Å². The first-order valence-electron chi connectivity index (χ1n) is 5.23. The fraction of sp³-hybridized carbons (Fsp3) is 0.250. The van der Waals surface area contributed by atoms with Gasteiger partial charge in [0.2, 0.25) is 0 Å². The third-order valence-corrected chi connectivity index (χ3v) is 3.45. The molecular weight excluding hydrogens is 290 g/mol. The molecule has 0 aliphatic heterocycles. The van der Waals surface area contributed by atoms with Crippen molar-refractivity contribution < 1.29 is 17.9 Å². The molecule has 1 N–H and O–H groups in total. The van der Waals surface area contributed by atoms with Crippen LogP contribution in [0.25, 0.3) is 0 Å². The molecule has 7 heteroatoms.